The number of nitrogens with one attached hydrogen (secondary N) is 1. The molecule has 1 unspecified atom stereocenters. The van der Waals surface area contributed by atoms with Gasteiger partial charge in [-0.1, -0.05) is 19.3 Å². The van der Waals surface area contributed by atoms with Crippen LogP contribution in [0.2, 0.25) is 0 Å². The number of aromatic nitrogens is 2. The fourth-order valence-electron chi connectivity index (χ4n) is 5.18. The van der Waals surface area contributed by atoms with Crippen molar-refractivity contribution in [1.82, 2.24) is 19.8 Å². The van der Waals surface area contributed by atoms with Gasteiger partial charge in [-0.2, -0.15) is 0 Å². The summed E-state index contributed by atoms with van der Waals surface area (Å²) in [4.78, 5) is 27.2. The van der Waals surface area contributed by atoms with E-state index in [2.05, 4.69) is 17.3 Å². The highest BCUT2D eigenvalue weighted by Crippen LogP contribution is 2.31. The van der Waals surface area contributed by atoms with E-state index in [4.69, 9.17) is 9.97 Å². The Morgan fingerprint density at radius 1 is 1.11 bits per heavy atom. The number of rotatable bonds is 4. The number of fused-ring (bicyclic) bond motifs is 1. The molecule has 1 aliphatic carbocycles. The number of carbonyl (C=O) groups is 1. The minimum atomic E-state index is 0.317. The number of piperidine rings is 1. The van der Waals surface area contributed by atoms with Gasteiger partial charge in [-0.05, 0) is 45.2 Å². The van der Waals surface area contributed by atoms with E-state index in [1.807, 2.05) is 11.9 Å². The van der Waals surface area contributed by atoms with Gasteiger partial charge in [-0.25, -0.2) is 9.97 Å². The van der Waals surface area contributed by atoms with Crippen LogP contribution < -0.4 is 5.32 Å². The van der Waals surface area contributed by atoms with Crippen molar-refractivity contribution in [3.8, 4) is 0 Å². The first-order valence-electron chi connectivity index (χ1n) is 11.2. The second-order valence-electron chi connectivity index (χ2n) is 8.98. The molecule has 1 atom stereocenters. The predicted octanol–water partition coefficient (Wildman–Crippen LogP) is 3.18. The summed E-state index contributed by atoms with van der Waals surface area (Å²) in [6, 6.07) is 0. The highest BCUT2D eigenvalue weighted by molar-refractivity contribution is 5.77. The number of likely N-dealkylation sites (tertiary alicyclic amines) is 1. The van der Waals surface area contributed by atoms with Crippen LogP contribution in [-0.4, -0.2) is 59.4 Å². The predicted molar refractivity (Wildman–Crippen MR) is 111 cm³/mol. The molecule has 1 aromatic rings. The molecule has 0 aromatic carbocycles. The van der Waals surface area contributed by atoms with Gasteiger partial charge in [0.05, 0.1) is 12.2 Å². The van der Waals surface area contributed by atoms with Gasteiger partial charge < -0.3 is 15.1 Å². The monoisotopic (exact) mass is 385 g/mol. The van der Waals surface area contributed by atoms with Crippen molar-refractivity contribution in [2.24, 2.45) is 5.92 Å². The Kier molecular flexibility index (Phi) is 6.14. The standard InChI is InChI=1S/C22H35N5O/c1-23-22-18-15-27(20(28)13-16-7-4-3-5-8-16)12-10-19(18)24-21(25-22)17-9-6-11-26(2)14-17/h16-17H,3-15H2,1-2H3,(H,23,24,25). The van der Waals surface area contributed by atoms with Crippen LogP contribution in [-0.2, 0) is 17.8 Å². The molecular weight excluding hydrogens is 350 g/mol. The molecule has 1 amide bonds. The molecular formula is C22H35N5O. The van der Waals surface area contributed by atoms with Crippen molar-refractivity contribution in [3.63, 3.8) is 0 Å². The van der Waals surface area contributed by atoms with Crippen LogP contribution in [0.1, 0.15) is 74.4 Å². The quantitative estimate of drug-likeness (QED) is 0.862. The van der Waals surface area contributed by atoms with Gasteiger partial charge in [-0.15, -0.1) is 0 Å². The Bertz CT molecular complexity index is 683. The first kappa shape index (κ1) is 19.6. The van der Waals surface area contributed by atoms with Crippen molar-refractivity contribution in [3.05, 3.63) is 17.1 Å². The van der Waals surface area contributed by atoms with E-state index in [0.29, 0.717) is 24.3 Å². The Balaban J connectivity index is 1.47. The third-order valence-corrected chi connectivity index (χ3v) is 6.84. The lowest BCUT2D eigenvalue weighted by molar-refractivity contribution is -0.133. The molecule has 1 saturated heterocycles. The number of hydrogen-bond donors (Lipinski definition) is 1. The Morgan fingerprint density at radius 2 is 1.93 bits per heavy atom. The molecule has 0 bridgehead atoms. The molecule has 3 heterocycles. The summed E-state index contributed by atoms with van der Waals surface area (Å²) in [5, 5.41) is 3.28. The lowest BCUT2D eigenvalue weighted by atomic mass is 9.86. The van der Waals surface area contributed by atoms with E-state index >= 15 is 0 Å². The second kappa shape index (κ2) is 8.76. The van der Waals surface area contributed by atoms with Crippen molar-refractivity contribution >= 4 is 11.7 Å². The average molecular weight is 386 g/mol. The van der Waals surface area contributed by atoms with Crippen molar-refractivity contribution in [1.29, 1.82) is 0 Å². The molecule has 6 heteroatoms. The van der Waals surface area contributed by atoms with Gasteiger partial charge in [-0.3, -0.25) is 4.79 Å². The van der Waals surface area contributed by atoms with Crippen LogP contribution in [0.25, 0.3) is 0 Å². The Morgan fingerprint density at radius 3 is 2.68 bits per heavy atom. The maximum absolute atomic E-state index is 12.9. The van der Waals surface area contributed by atoms with Crippen LogP contribution in [0.15, 0.2) is 0 Å². The largest absolute Gasteiger partial charge is 0.373 e. The summed E-state index contributed by atoms with van der Waals surface area (Å²) in [6.45, 7) is 3.65. The number of anilines is 1. The maximum Gasteiger partial charge on any atom is 0.223 e. The zero-order valence-electron chi connectivity index (χ0n) is 17.5. The van der Waals surface area contributed by atoms with E-state index in [1.54, 1.807) is 0 Å². The van der Waals surface area contributed by atoms with Crippen LogP contribution >= 0.6 is 0 Å². The first-order valence-corrected chi connectivity index (χ1v) is 11.2. The highest BCUT2D eigenvalue weighted by atomic mass is 16.2. The smallest absolute Gasteiger partial charge is 0.223 e. The molecule has 1 aromatic heterocycles. The zero-order valence-corrected chi connectivity index (χ0v) is 17.5. The van der Waals surface area contributed by atoms with Crippen LogP contribution in [0.3, 0.4) is 0 Å². The highest BCUT2D eigenvalue weighted by Gasteiger charge is 2.29. The molecule has 1 saturated carbocycles. The molecule has 3 aliphatic rings. The number of hydrogen-bond acceptors (Lipinski definition) is 5. The SMILES string of the molecule is CNc1nc(C2CCCN(C)C2)nc2c1CN(C(=O)CC1CCCCC1)CC2. The normalized spacial score (nSPS) is 24.1. The van der Waals surface area contributed by atoms with Gasteiger partial charge in [0.25, 0.3) is 0 Å². The van der Waals surface area contributed by atoms with E-state index < -0.39 is 0 Å². The molecule has 28 heavy (non-hydrogen) atoms. The van der Waals surface area contributed by atoms with Crippen LogP contribution in [0.4, 0.5) is 5.82 Å². The summed E-state index contributed by atoms with van der Waals surface area (Å²) in [7, 11) is 4.11. The minimum absolute atomic E-state index is 0.317. The lowest BCUT2D eigenvalue weighted by Crippen LogP contribution is -2.38. The molecule has 6 nitrogen and oxygen atoms in total. The number of amides is 1. The molecule has 4 rings (SSSR count). The zero-order chi connectivity index (χ0) is 19.5. The van der Waals surface area contributed by atoms with Gasteiger partial charge in [0.15, 0.2) is 0 Å². The van der Waals surface area contributed by atoms with Gasteiger partial charge in [0, 0.05) is 44.5 Å². The van der Waals surface area contributed by atoms with E-state index in [9.17, 15) is 4.79 Å². The van der Waals surface area contributed by atoms with Crippen molar-refractivity contribution < 1.29 is 4.79 Å². The average Bonchev–Trinajstić information content (AvgIpc) is 2.73. The summed E-state index contributed by atoms with van der Waals surface area (Å²) >= 11 is 0. The van der Waals surface area contributed by atoms with E-state index in [-0.39, 0.29) is 0 Å². The summed E-state index contributed by atoms with van der Waals surface area (Å²) < 4.78 is 0. The Labute approximate surface area is 169 Å². The van der Waals surface area contributed by atoms with Crippen molar-refractivity contribution in [2.45, 2.75) is 70.3 Å². The van der Waals surface area contributed by atoms with Crippen LogP contribution in [0, 0.1) is 5.92 Å². The van der Waals surface area contributed by atoms with Crippen LogP contribution in [0.5, 0.6) is 0 Å². The van der Waals surface area contributed by atoms with E-state index in [0.717, 1.165) is 55.3 Å². The number of likely N-dealkylation sites (N-methyl/N-ethyl adjacent to an activating group) is 1. The third kappa shape index (κ3) is 4.32. The van der Waals surface area contributed by atoms with E-state index in [1.165, 1.54) is 45.1 Å². The molecule has 154 valence electrons. The third-order valence-electron chi connectivity index (χ3n) is 6.84. The van der Waals surface area contributed by atoms with Gasteiger partial charge in [0.1, 0.15) is 11.6 Å². The lowest BCUT2D eigenvalue weighted by Gasteiger charge is -2.33. The summed E-state index contributed by atoms with van der Waals surface area (Å²) in [6.07, 6.45) is 10.3. The molecule has 0 radical (unpaired) electrons. The minimum Gasteiger partial charge on any atom is -0.373 e. The topological polar surface area (TPSA) is 61.4 Å². The maximum atomic E-state index is 12.9. The number of nitrogens with zero attached hydrogens (tertiary/aromatic N) is 4. The molecule has 2 fully saturated rings. The molecule has 0 spiro atoms. The number of carbonyl (C=O) groups excluding carboxylic acids is 1. The fraction of sp³-hybridized carbons (Fsp3) is 0.773. The summed E-state index contributed by atoms with van der Waals surface area (Å²) in [5.74, 6) is 3.23. The summed E-state index contributed by atoms with van der Waals surface area (Å²) in [5.41, 5.74) is 2.27. The fourth-order valence-corrected chi connectivity index (χ4v) is 5.18. The second-order valence-corrected chi connectivity index (χ2v) is 8.98. The van der Waals surface area contributed by atoms with Gasteiger partial charge >= 0.3 is 0 Å². The molecule has 2 aliphatic heterocycles. The Hall–Kier alpha value is -1.69. The molecule has 1 N–H and O–H groups in total. The van der Waals surface area contributed by atoms with Crippen molar-refractivity contribution in [2.75, 3.05) is 39.0 Å². The van der Waals surface area contributed by atoms with Gasteiger partial charge in [0.2, 0.25) is 5.91 Å². The first-order chi connectivity index (χ1) is 13.6.